The number of nitrogens with zero attached hydrogens (tertiary/aromatic N) is 1. The molecule has 1 aliphatic carbocycles. The van der Waals surface area contributed by atoms with E-state index in [2.05, 4.69) is 138 Å². The molecule has 0 bridgehead atoms. The van der Waals surface area contributed by atoms with Crippen LogP contribution < -0.4 is 0 Å². The van der Waals surface area contributed by atoms with Crippen LogP contribution in [0.4, 0.5) is 0 Å². The van der Waals surface area contributed by atoms with E-state index in [-0.39, 0.29) is 6.04 Å². The topological polar surface area (TPSA) is 31.2 Å². The number of aromatic nitrogens is 1. The van der Waals surface area contributed by atoms with Crippen molar-refractivity contribution in [1.82, 2.24) is 4.57 Å². The molecule has 0 spiro atoms. The highest BCUT2D eigenvalue weighted by atomic mass is 16.3. The van der Waals surface area contributed by atoms with Crippen molar-refractivity contribution in [2.75, 3.05) is 0 Å². The van der Waals surface area contributed by atoms with Crippen LogP contribution in [0, 0.1) is 0 Å². The van der Waals surface area contributed by atoms with E-state index < -0.39 is 0 Å². The summed E-state index contributed by atoms with van der Waals surface area (Å²) in [5, 5.41) is 6.12. The van der Waals surface area contributed by atoms with Gasteiger partial charge in [-0.25, -0.2) is 0 Å². The van der Waals surface area contributed by atoms with E-state index in [4.69, 9.17) is 8.83 Å². The van der Waals surface area contributed by atoms with Crippen molar-refractivity contribution in [3.8, 4) is 22.3 Å². The molecular formula is C43H29NO2. The third kappa shape index (κ3) is 3.85. The zero-order valence-electron chi connectivity index (χ0n) is 25.1. The molecule has 9 aromatic rings. The second kappa shape index (κ2) is 9.85. The summed E-state index contributed by atoms with van der Waals surface area (Å²) in [7, 11) is 0. The predicted octanol–water partition coefficient (Wildman–Crippen LogP) is 12.0. The standard InChI is InChI=1S/C43H29NO2/c1-4-13-38-32(10-1)33-11-2-5-14-39(33)44(38)31-18-20-35-37-26-30(17-22-43(37)46-41(35)23-19-31)28-9-7-8-27(24-28)29-16-21-42-36(25-29)34-12-3-6-15-40(34)45-42/h1-17,19,21-26,31H,18,20H2. The van der Waals surface area contributed by atoms with Gasteiger partial charge in [0.25, 0.3) is 0 Å². The number of fused-ring (bicyclic) bond motifs is 9. The summed E-state index contributed by atoms with van der Waals surface area (Å²) in [4.78, 5) is 0. The quantitative estimate of drug-likeness (QED) is 0.205. The molecule has 46 heavy (non-hydrogen) atoms. The average molecular weight is 592 g/mol. The van der Waals surface area contributed by atoms with E-state index in [1.807, 2.05) is 12.1 Å². The largest absolute Gasteiger partial charge is 0.456 e. The van der Waals surface area contributed by atoms with Gasteiger partial charge < -0.3 is 13.4 Å². The summed E-state index contributed by atoms with van der Waals surface area (Å²) >= 11 is 0. The first-order valence-corrected chi connectivity index (χ1v) is 16.0. The highest BCUT2D eigenvalue weighted by Gasteiger charge is 2.22. The minimum atomic E-state index is 0.243. The molecule has 218 valence electrons. The van der Waals surface area contributed by atoms with E-state index in [0.717, 1.165) is 46.1 Å². The number of allylic oxidation sites excluding steroid dienone is 1. The molecule has 0 amide bonds. The first kappa shape index (κ1) is 25.5. The maximum Gasteiger partial charge on any atom is 0.135 e. The number of rotatable bonds is 3. The minimum absolute atomic E-state index is 0.243. The molecule has 1 unspecified atom stereocenters. The molecule has 0 fully saturated rings. The average Bonchev–Trinajstić information content (AvgIpc) is 3.72. The van der Waals surface area contributed by atoms with Crippen LogP contribution in [0.3, 0.4) is 0 Å². The van der Waals surface area contributed by atoms with Crippen LogP contribution in [0.2, 0.25) is 0 Å². The zero-order chi connectivity index (χ0) is 30.2. The number of benzene rings is 6. The highest BCUT2D eigenvalue weighted by molar-refractivity contribution is 6.08. The maximum atomic E-state index is 6.46. The number of hydrogen-bond donors (Lipinski definition) is 0. The Hall–Kier alpha value is -5.80. The normalized spacial score (nSPS) is 14.9. The first-order valence-electron chi connectivity index (χ1n) is 16.0. The van der Waals surface area contributed by atoms with Gasteiger partial charge in [0, 0.05) is 43.5 Å². The lowest BCUT2D eigenvalue weighted by Crippen LogP contribution is -2.06. The van der Waals surface area contributed by atoms with E-state index >= 15 is 0 Å². The molecule has 0 saturated heterocycles. The Kier molecular flexibility index (Phi) is 5.47. The van der Waals surface area contributed by atoms with Crippen LogP contribution in [-0.4, -0.2) is 4.57 Å². The lowest BCUT2D eigenvalue weighted by Gasteiger charge is -2.17. The van der Waals surface area contributed by atoms with Gasteiger partial charge in [0.2, 0.25) is 0 Å². The Morgan fingerprint density at radius 1 is 0.478 bits per heavy atom. The Labute approximate surface area is 265 Å². The smallest absolute Gasteiger partial charge is 0.135 e. The van der Waals surface area contributed by atoms with Crippen molar-refractivity contribution in [1.29, 1.82) is 0 Å². The third-order valence-electron chi connectivity index (χ3n) is 9.84. The number of para-hydroxylation sites is 3. The van der Waals surface area contributed by atoms with Gasteiger partial charge in [0.1, 0.15) is 22.5 Å². The second-order valence-electron chi connectivity index (χ2n) is 12.4. The summed E-state index contributed by atoms with van der Waals surface area (Å²) in [6, 6.07) is 48.0. The molecule has 3 aromatic heterocycles. The first-order chi connectivity index (χ1) is 22.8. The molecule has 6 aromatic carbocycles. The van der Waals surface area contributed by atoms with Crippen LogP contribution in [0.5, 0.6) is 0 Å². The Balaban J connectivity index is 1.01. The summed E-state index contributed by atoms with van der Waals surface area (Å²) in [5.41, 5.74) is 11.4. The summed E-state index contributed by atoms with van der Waals surface area (Å²) in [6.07, 6.45) is 6.48. The number of aryl methyl sites for hydroxylation is 1. The van der Waals surface area contributed by atoms with Gasteiger partial charge in [-0.3, -0.25) is 0 Å². The van der Waals surface area contributed by atoms with Crippen molar-refractivity contribution < 1.29 is 8.83 Å². The van der Waals surface area contributed by atoms with Gasteiger partial charge in [-0.2, -0.15) is 0 Å². The van der Waals surface area contributed by atoms with E-state index in [9.17, 15) is 0 Å². The maximum absolute atomic E-state index is 6.46. The van der Waals surface area contributed by atoms with Gasteiger partial charge in [0.15, 0.2) is 0 Å². The minimum Gasteiger partial charge on any atom is -0.456 e. The van der Waals surface area contributed by atoms with E-state index in [1.54, 1.807) is 0 Å². The Bertz CT molecular complexity index is 2610. The fourth-order valence-electron chi connectivity index (χ4n) is 7.64. The number of hydrogen-bond acceptors (Lipinski definition) is 2. The van der Waals surface area contributed by atoms with E-state index in [0.29, 0.717) is 0 Å². The lowest BCUT2D eigenvalue weighted by atomic mass is 9.96. The van der Waals surface area contributed by atoms with Crippen molar-refractivity contribution in [2.24, 2.45) is 0 Å². The van der Waals surface area contributed by atoms with Gasteiger partial charge in [0.05, 0.1) is 6.04 Å². The van der Waals surface area contributed by atoms with Crippen molar-refractivity contribution in [3.63, 3.8) is 0 Å². The molecule has 0 aliphatic heterocycles. The van der Waals surface area contributed by atoms with Crippen LogP contribution in [0.1, 0.15) is 23.8 Å². The fourth-order valence-corrected chi connectivity index (χ4v) is 7.64. The molecule has 0 N–H and O–H groups in total. The Morgan fingerprint density at radius 3 is 1.80 bits per heavy atom. The highest BCUT2D eigenvalue weighted by Crippen LogP contribution is 2.40. The molecule has 0 saturated carbocycles. The SMILES string of the molecule is C1=CC(n2c3ccccc3c3ccccc32)CCc2c1oc1ccc(-c3cccc(-c4ccc5oc6ccccc6c5c4)c3)cc21. The molecular weight excluding hydrogens is 562 g/mol. The molecule has 1 atom stereocenters. The van der Waals surface area contributed by atoms with Gasteiger partial charge >= 0.3 is 0 Å². The molecule has 10 rings (SSSR count). The third-order valence-corrected chi connectivity index (χ3v) is 9.84. The van der Waals surface area contributed by atoms with Gasteiger partial charge in [-0.1, -0.05) is 91.0 Å². The molecule has 3 nitrogen and oxygen atoms in total. The fraction of sp³-hybridized carbons (Fsp3) is 0.0698. The summed E-state index contributed by atoms with van der Waals surface area (Å²) < 4.78 is 15.0. The van der Waals surface area contributed by atoms with Crippen LogP contribution >= 0.6 is 0 Å². The molecule has 3 heterocycles. The van der Waals surface area contributed by atoms with Crippen molar-refractivity contribution in [3.05, 3.63) is 151 Å². The van der Waals surface area contributed by atoms with Crippen molar-refractivity contribution >= 4 is 60.8 Å². The monoisotopic (exact) mass is 591 g/mol. The van der Waals surface area contributed by atoms with Crippen LogP contribution in [0.25, 0.3) is 83.0 Å². The molecule has 1 aliphatic rings. The predicted molar refractivity (Wildman–Crippen MR) is 190 cm³/mol. The van der Waals surface area contributed by atoms with Gasteiger partial charge in [-0.05, 0) is 89.7 Å². The second-order valence-corrected chi connectivity index (χ2v) is 12.4. The van der Waals surface area contributed by atoms with Crippen LogP contribution in [-0.2, 0) is 6.42 Å². The van der Waals surface area contributed by atoms with Crippen molar-refractivity contribution in [2.45, 2.75) is 18.9 Å². The molecule has 3 heteroatoms. The Morgan fingerprint density at radius 2 is 1.07 bits per heavy atom. The molecule has 0 radical (unpaired) electrons. The van der Waals surface area contributed by atoms with Gasteiger partial charge in [-0.15, -0.1) is 0 Å². The van der Waals surface area contributed by atoms with Crippen LogP contribution in [0.15, 0.2) is 148 Å². The summed E-state index contributed by atoms with van der Waals surface area (Å²) in [5.74, 6) is 0.977. The number of furan rings is 2. The lowest BCUT2D eigenvalue weighted by molar-refractivity contribution is 0.586. The summed E-state index contributed by atoms with van der Waals surface area (Å²) in [6.45, 7) is 0. The van der Waals surface area contributed by atoms with E-state index in [1.165, 1.54) is 55.0 Å². The zero-order valence-corrected chi connectivity index (χ0v) is 25.1.